The van der Waals surface area contributed by atoms with E-state index in [1.165, 1.54) is 28.8 Å². The van der Waals surface area contributed by atoms with Crippen LogP contribution in [0.1, 0.15) is 53.6 Å². The molecule has 3 aromatic rings. The highest BCUT2D eigenvalue weighted by Crippen LogP contribution is 2.32. The van der Waals surface area contributed by atoms with Gasteiger partial charge in [-0.15, -0.1) is 0 Å². The Bertz CT molecular complexity index is 1320. The standard InChI is InChI=1S/C26H27N5O3/c1-28-12-9-20-19(15-29-10-2-3-11-29)14-22(27-25(20)28)17-7-8-21-18(13-17)16-30(26(21)34)31-23(32)5-4-6-24(31)33/h7-9,12-14H,2-6,10-11,15-16H2,1H3. The average Bonchev–Trinajstić information content (AvgIpc) is 3.54. The van der Waals surface area contributed by atoms with Gasteiger partial charge in [0.1, 0.15) is 5.65 Å². The number of aryl methyl sites for hydroxylation is 1. The summed E-state index contributed by atoms with van der Waals surface area (Å²) < 4.78 is 2.04. The molecule has 3 amide bonds. The van der Waals surface area contributed by atoms with Crippen molar-refractivity contribution in [2.75, 3.05) is 13.1 Å². The highest BCUT2D eigenvalue weighted by Gasteiger charge is 2.39. The largest absolute Gasteiger partial charge is 0.336 e. The number of rotatable bonds is 4. The lowest BCUT2D eigenvalue weighted by atomic mass is 10.0. The first-order valence-corrected chi connectivity index (χ1v) is 12.0. The third-order valence-electron chi connectivity index (χ3n) is 7.20. The maximum atomic E-state index is 13.0. The number of fused-ring (bicyclic) bond motifs is 2. The second kappa shape index (κ2) is 8.06. The Balaban J connectivity index is 1.36. The zero-order valence-corrected chi connectivity index (χ0v) is 19.3. The topological polar surface area (TPSA) is 78.8 Å². The molecule has 8 nitrogen and oxygen atoms in total. The van der Waals surface area contributed by atoms with Crippen molar-refractivity contribution in [1.82, 2.24) is 24.5 Å². The molecule has 0 unspecified atom stereocenters. The van der Waals surface area contributed by atoms with Crippen LogP contribution in [0.15, 0.2) is 36.5 Å². The minimum atomic E-state index is -0.306. The second-order valence-corrected chi connectivity index (χ2v) is 9.50. The molecular weight excluding hydrogens is 430 g/mol. The van der Waals surface area contributed by atoms with E-state index in [1.807, 2.05) is 29.9 Å². The molecule has 5 heterocycles. The van der Waals surface area contributed by atoms with Crippen molar-refractivity contribution >= 4 is 28.8 Å². The molecule has 0 N–H and O–H groups in total. The summed E-state index contributed by atoms with van der Waals surface area (Å²) in [6.45, 7) is 3.35. The van der Waals surface area contributed by atoms with Gasteiger partial charge in [-0.2, -0.15) is 5.01 Å². The van der Waals surface area contributed by atoms with Crippen LogP contribution >= 0.6 is 0 Å². The third-order valence-corrected chi connectivity index (χ3v) is 7.20. The maximum absolute atomic E-state index is 13.0. The van der Waals surface area contributed by atoms with Crippen molar-refractivity contribution in [1.29, 1.82) is 0 Å². The molecule has 6 rings (SSSR count). The van der Waals surface area contributed by atoms with Gasteiger partial charge in [-0.25, -0.2) is 9.99 Å². The molecule has 2 saturated heterocycles. The highest BCUT2D eigenvalue weighted by molar-refractivity contribution is 6.04. The number of likely N-dealkylation sites (tertiary alicyclic amines) is 1. The van der Waals surface area contributed by atoms with Gasteiger partial charge in [0.25, 0.3) is 5.91 Å². The van der Waals surface area contributed by atoms with E-state index in [-0.39, 0.29) is 37.1 Å². The SMILES string of the molecule is Cn1ccc2c(CN3CCCC3)cc(-c3ccc4c(c3)CN(N3C(=O)CCCC3=O)C4=O)nc21. The van der Waals surface area contributed by atoms with Gasteiger partial charge in [-0.1, -0.05) is 6.07 Å². The number of amides is 3. The average molecular weight is 458 g/mol. The maximum Gasteiger partial charge on any atom is 0.273 e. The molecule has 0 radical (unpaired) electrons. The number of hydrogen-bond donors (Lipinski definition) is 0. The number of carbonyl (C=O) groups is 3. The van der Waals surface area contributed by atoms with Crippen molar-refractivity contribution < 1.29 is 14.4 Å². The fraction of sp³-hybridized carbons (Fsp3) is 0.385. The summed E-state index contributed by atoms with van der Waals surface area (Å²) in [5.41, 5.74) is 5.33. The minimum absolute atomic E-state index is 0.215. The first-order valence-electron chi connectivity index (χ1n) is 12.0. The lowest BCUT2D eigenvalue weighted by molar-refractivity contribution is -0.163. The van der Waals surface area contributed by atoms with Crippen molar-refractivity contribution in [3.05, 3.63) is 53.2 Å². The molecule has 0 spiro atoms. The summed E-state index contributed by atoms with van der Waals surface area (Å²) >= 11 is 0. The summed E-state index contributed by atoms with van der Waals surface area (Å²) in [5.74, 6) is -0.911. The van der Waals surface area contributed by atoms with Gasteiger partial charge in [0.2, 0.25) is 11.8 Å². The zero-order chi connectivity index (χ0) is 23.4. The Hall–Kier alpha value is -3.52. The number of aromatic nitrogens is 2. The zero-order valence-electron chi connectivity index (χ0n) is 19.3. The molecule has 0 saturated carbocycles. The first-order chi connectivity index (χ1) is 16.5. The van der Waals surface area contributed by atoms with E-state index in [2.05, 4.69) is 17.0 Å². The molecule has 3 aliphatic heterocycles. The molecule has 0 bridgehead atoms. The number of pyridine rings is 1. The number of nitrogens with zero attached hydrogens (tertiary/aromatic N) is 5. The number of imide groups is 1. The van der Waals surface area contributed by atoms with E-state index in [9.17, 15) is 14.4 Å². The normalized spacial score (nSPS) is 19.0. The minimum Gasteiger partial charge on any atom is -0.336 e. The lowest BCUT2D eigenvalue weighted by Gasteiger charge is -2.32. The molecule has 0 aliphatic carbocycles. The van der Waals surface area contributed by atoms with Crippen molar-refractivity contribution in [2.24, 2.45) is 7.05 Å². The molecule has 174 valence electrons. The molecule has 2 fully saturated rings. The monoisotopic (exact) mass is 457 g/mol. The molecule has 34 heavy (non-hydrogen) atoms. The van der Waals surface area contributed by atoms with Crippen LogP contribution in [0.2, 0.25) is 0 Å². The number of benzene rings is 1. The van der Waals surface area contributed by atoms with Gasteiger partial charge < -0.3 is 4.57 Å². The molecular formula is C26H27N5O3. The number of carbonyl (C=O) groups excluding carboxylic acids is 3. The van der Waals surface area contributed by atoms with Crippen LogP contribution < -0.4 is 0 Å². The van der Waals surface area contributed by atoms with Crippen LogP contribution in [-0.2, 0) is 29.7 Å². The Kier molecular flexibility index (Phi) is 4.99. The van der Waals surface area contributed by atoms with E-state index in [4.69, 9.17) is 4.98 Å². The van der Waals surface area contributed by atoms with E-state index in [0.717, 1.165) is 47.1 Å². The van der Waals surface area contributed by atoms with Crippen LogP contribution in [0.4, 0.5) is 0 Å². The number of piperidine rings is 1. The van der Waals surface area contributed by atoms with Crippen molar-refractivity contribution in [2.45, 2.75) is 45.2 Å². The van der Waals surface area contributed by atoms with Crippen LogP contribution in [-0.4, -0.2) is 55.3 Å². The molecule has 3 aliphatic rings. The Morgan fingerprint density at radius 2 is 1.71 bits per heavy atom. The van der Waals surface area contributed by atoms with Gasteiger partial charge >= 0.3 is 0 Å². The first kappa shape index (κ1) is 21.0. The highest BCUT2D eigenvalue weighted by atomic mass is 16.2. The Morgan fingerprint density at radius 3 is 2.47 bits per heavy atom. The van der Waals surface area contributed by atoms with Crippen molar-refractivity contribution in [3.63, 3.8) is 0 Å². The van der Waals surface area contributed by atoms with E-state index >= 15 is 0 Å². The van der Waals surface area contributed by atoms with E-state index in [0.29, 0.717) is 12.0 Å². The number of hydrogen-bond acceptors (Lipinski definition) is 5. The summed E-state index contributed by atoms with van der Waals surface area (Å²) in [4.78, 5) is 45.2. The van der Waals surface area contributed by atoms with Crippen molar-refractivity contribution in [3.8, 4) is 11.3 Å². The van der Waals surface area contributed by atoms with E-state index < -0.39 is 0 Å². The smallest absolute Gasteiger partial charge is 0.273 e. The predicted octanol–water partition coefficient (Wildman–Crippen LogP) is 3.25. The fourth-order valence-corrected chi connectivity index (χ4v) is 5.40. The van der Waals surface area contributed by atoms with E-state index in [1.54, 1.807) is 6.07 Å². The Morgan fingerprint density at radius 1 is 0.941 bits per heavy atom. The molecule has 1 aromatic carbocycles. The molecule has 2 aromatic heterocycles. The van der Waals surface area contributed by atoms with Gasteiger partial charge in [0.15, 0.2) is 0 Å². The fourth-order valence-electron chi connectivity index (χ4n) is 5.40. The summed E-state index contributed by atoms with van der Waals surface area (Å²) in [6, 6.07) is 9.97. The lowest BCUT2D eigenvalue weighted by Crippen LogP contribution is -2.51. The molecule has 0 atom stereocenters. The van der Waals surface area contributed by atoms with Crippen LogP contribution in [0.25, 0.3) is 22.3 Å². The van der Waals surface area contributed by atoms with Gasteiger partial charge in [0.05, 0.1) is 12.2 Å². The summed E-state index contributed by atoms with van der Waals surface area (Å²) in [6.07, 6.45) is 5.65. The third kappa shape index (κ3) is 3.40. The Labute approximate surface area is 197 Å². The quantitative estimate of drug-likeness (QED) is 0.562. The summed E-state index contributed by atoms with van der Waals surface area (Å²) in [7, 11) is 2.00. The number of hydrazine groups is 1. The molecule has 8 heteroatoms. The van der Waals surface area contributed by atoms with Crippen LogP contribution in [0, 0.1) is 0 Å². The van der Waals surface area contributed by atoms with Gasteiger partial charge in [-0.3, -0.25) is 19.3 Å². The van der Waals surface area contributed by atoms with Crippen LogP contribution in [0.3, 0.4) is 0 Å². The summed E-state index contributed by atoms with van der Waals surface area (Å²) in [5, 5.41) is 3.52. The predicted molar refractivity (Wildman–Crippen MR) is 126 cm³/mol. The van der Waals surface area contributed by atoms with Gasteiger partial charge in [0, 0.05) is 49.1 Å². The van der Waals surface area contributed by atoms with Gasteiger partial charge in [-0.05, 0) is 67.7 Å². The second-order valence-electron chi connectivity index (χ2n) is 9.50. The van der Waals surface area contributed by atoms with Crippen LogP contribution in [0.5, 0.6) is 0 Å².